The third-order valence-corrected chi connectivity index (χ3v) is 2.64. The summed E-state index contributed by atoms with van der Waals surface area (Å²) < 4.78 is 13.0. The summed E-state index contributed by atoms with van der Waals surface area (Å²) in [5.41, 5.74) is 6.27. The minimum atomic E-state index is -0.348. The molecule has 0 spiro atoms. The van der Waals surface area contributed by atoms with E-state index in [1.54, 1.807) is 19.1 Å². The number of hydrogen-bond acceptors (Lipinski definition) is 2. The van der Waals surface area contributed by atoms with Crippen LogP contribution in [0.25, 0.3) is 0 Å². The van der Waals surface area contributed by atoms with Crippen LogP contribution in [-0.2, 0) is 4.79 Å². The summed E-state index contributed by atoms with van der Waals surface area (Å²) in [6.07, 6.45) is 0.738. The van der Waals surface area contributed by atoms with E-state index in [1.165, 1.54) is 12.1 Å². The molecule has 4 heteroatoms. The van der Waals surface area contributed by atoms with Crippen molar-refractivity contribution in [3.05, 3.63) is 35.6 Å². The van der Waals surface area contributed by atoms with Gasteiger partial charge in [0, 0.05) is 12.6 Å². The number of halogens is 1. The standard InChI is InChI=1S/C13H19FN2O/c1-9(15)6-7-16-13(17)10(2)11-4-3-5-12(14)8-11/h3-5,8-10H,6-7,15H2,1-2H3,(H,16,17). The second-order valence-corrected chi connectivity index (χ2v) is 4.33. The predicted molar refractivity (Wildman–Crippen MR) is 66.1 cm³/mol. The molecule has 3 nitrogen and oxygen atoms in total. The van der Waals surface area contributed by atoms with Gasteiger partial charge in [-0.05, 0) is 38.0 Å². The van der Waals surface area contributed by atoms with E-state index in [4.69, 9.17) is 5.73 Å². The van der Waals surface area contributed by atoms with Crippen LogP contribution in [-0.4, -0.2) is 18.5 Å². The highest BCUT2D eigenvalue weighted by Gasteiger charge is 2.15. The van der Waals surface area contributed by atoms with Crippen molar-refractivity contribution in [1.29, 1.82) is 0 Å². The Morgan fingerprint density at radius 1 is 1.47 bits per heavy atom. The quantitative estimate of drug-likeness (QED) is 0.821. The Morgan fingerprint density at radius 3 is 2.76 bits per heavy atom. The Hall–Kier alpha value is -1.42. The molecule has 1 amide bonds. The molecule has 0 aliphatic heterocycles. The van der Waals surface area contributed by atoms with Gasteiger partial charge in [-0.25, -0.2) is 4.39 Å². The Labute approximate surface area is 101 Å². The van der Waals surface area contributed by atoms with Crippen molar-refractivity contribution >= 4 is 5.91 Å². The molecule has 3 N–H and O–H groups in total. The predicted octanol–water partition coefficient (Wildman–Crippen LogP) is 1.78. The number of nitrogens with one attached hydrogen (secondary N) is 1. The first-order chi connectivity index (χ1) is 8.00. The van der Waals surface area contributed by atoms with Gasteiger partial charge in [0.25, 0.3) is 0 Å². The monoisotopic (exact) mass is 238 g/mol. The molecular formula is C13H19FN2O. The van der Waals surface area contributed by atoms with E-state index in [1.807, 2.05) is 6.92 Å². The van der Waals surface area contributed by atoms with Crippen LogP contribution in [0.15, 0.2) is 24.3 Å². The van der Waals surface area contributed by atoms with Crippen LogP contribution in [0.5, 0.6) is 0 Å². The molecular weight excluding hydrogens is 219 g/mol. The van der Waals surface area contributed by atoms with Crippen molar-refractivity contribution in [2.24, 2.45) is 5.73 Å². The first-order valence-corrected chi connectivity index (χ1v) is 5.79. The topological polar surface area (TPSA) is 55.1 Å². The maximum Gasteiger partial charge on any atom is 0.227 e. The van der Waals surface area contributed by atoms with E-state index in [2.05, 4.69) is 5.32 Å². The molecule has 0 aromatic heterocycles. The molecule has 0 heterocycles. The van der Waals surface area contributed by atoms with Crippen molar-refractivity contribution in [3.63, 3.8) is 0 Å². The van der Waals surface area contributed by atoms with Crippen LogP contribution in [0.1, 0.15) is 31.7 Å². The lowest BCUT2D eigenvalue weighted by molar-refractivity contribution is -0.122. The Morgan fingerprint density at radius 2 is 2.18 bits per heavy atom. The summed E-state index contributed by atoms with van der Waals surface area (Å²) in [6, 6.07) is 6.18. The summed E-state index contributed by atoms with van der Waals surface area (Å²) in [6.45, 7) is 4.20. The van der Waals surface area contributed by atoms with Crippen molar-refractivity contribution < 1.29 is 9.18 Å². The van der Waals surface area contributed by atoms with Crippen LogP contribution < -0.4 is 11.1 Å². The zero-order valence-corrected chi connectivity index (χ0v) is 10.2. The Kier molecular flexibility index (Phi) is 5.10. The van der Waals surface area contributed by atoms with E-state index in [9.17, 15) is 9.18 Å². The van der Waals surface area contributed by atoms with Gasteiger partial charge >= 0.3 is 0 Å². The molecule has 2 unspecified atom stereocenters. The van der Waals surface area contributed by atoms with Crippen LogP contribution in [0.3, 0.4) is 0 Å². The lowest BCUT2D eigenvalue weighted by Crippen LogP contribution is -2.31. The number of carbonyl (C=O) groups is 1. The van der Waals surface area contributed by atoms with Gasteiger partial charge in [-0.3, -0.25) is 4.79 Å². The smallest absolute Gasteiger partial charge is 0.227 e. The SMILES string of the molecule is CC(N)CCNC(=O)C(C)c1cccc(F)c1. The molecule has 0 fully saturated rings. The van der Waals surface area contributed by atoms with E-state index in [-0.39, 0.29) is 23.7 Å². The molecule has 0 aliphatic rings. The summed E-state index contributed by atoms with van der Waals surface area (Å²) in [5, 5.41) is 2.79. The molecule has 17 heavy (non-hydrogen) atoms. The highest BCUT2D eigenvalue weighted by Crippen LogP contribution is 2.16. The highest BCUT2D eigenvalue weighted by molar-refractivity contribution is 5.83. The molecule has 1 aromatic rings. The maximum absolute atomic E-state index is 13.0. The van der Waals surface area contributed by atoms with Crippen LogP contribution in [0.4, 0.5) is 4.39 Å². The fourth-order valence-electron chi connectivity index (χ4n) is 1.50. The van der Waals surface area contributed by atoms with Gasteiger partial charge in [0.2, 0.25) is 5.91 Å². The molecule has 94 valence electrons. The van der Waals surface area contributed by atoms with Crippen LogP contribution in [0, 0.1) is 5.82 Å². The fourth-order valence-corrected chi connectivity index (χ4v) is 1.50. The lowest BCUT2D eigenvalue weighted by Gasteiger charge is -2.13. The van der Waals surface area contributed by atoms with E-state index in [0.717, 1.165) is 6.42 Å². The second kappa shape index (κ2) is 6.35. The highest BCUT2D eigenvalue weighted by atomic mass is 19.1. The summed E-state index contributed by atoms with van der Waals surface area (Å²) >= 11 is 0. The molecule has 1 rings (SSSR count). The normalized spacial score (nSPS) is 14.1. The molecule has 0 saturated heterocycles. The summed E-state index contributed by atoms with van der Waals surface area (Å²) in [7, 11) is 0. The minimum Gasteiger partial charge on any atom is -0.356 e. The lowest BCUT2D eigenvalue weighted by atomic mass is 10.0. The molecule has 0 saturated carbocycles. The zero-order chi connectivity index (χ0) is 12.8. The molecule has 0 radical (unpaired) electrons. The van der Waals surface area contributed by atoms with Crippen LogP contribution >= 0.6 is 0 Å². The van der Waals surface area contributed by atoms with Gasteiger partial charge in [-0.2, -0.15) is 0 Å². The van der Waals surface area contributed by atoms with Crippen molar-refractivity contribution in [2.75, 3.05) is 6.54 Å². The Bertz CT molecular complexity index is 379. The largest absolute Gasteiger partial charge is 0.356 e. The fraction of sp³-hybridized carbons (Fsp3) is 0.462. The van der Waals surface area contributed by atoms with Crippen molar-refractivity contribution in [1.82, 2.24) is 5.32 Å². The van der Waals surface area contributed by atoms with Gasteiger partial charge in [0.1, 0.15) is 5.82 Å². The first-order valence-electron chi connectivity index (χ1n) is 5.79. The van der Waals surface area contributed by atoms with Crippen LogP contribution in [0.2, 0.25) is 0 Å². The molecule has 2 atom stereocenters. The molecule has 0 bridgehead atoms. The van der Waals surface area contributed by atoms with Gasteiger partial charge in [0.15, 0.2) is 0 Å². The number of benzene rings is 1. The number of nitrogens with two attached hydrogens (primary N) is 1. The van der Waals surface area contributed by atoms with E-state index < -0.39 is 0 Å². The van der Waals surface area contributed by atoms with Crippen molar-refractivity contribution in [3.8, 4) is 0 Å². The van der Waals surface area contributed by atoms with Gasteiger partial charge in [-0.1, -0.05) is 12.1 Å². The summed E-state index contributed by atoms with van der Waals surface area (Å²) in [5.74, 6) is -0.771. The van der Waals surface area contributed by atoms with Gasteiger partial charge in [-0.15, -0.1) is 0 Å². The average Bonchev–Trinajstić information content (AvgIpc) is 2.27. The molecule has 0 aliphatic carbocycles. The molecule has 1 aromatic carbocycles. The third-order valence-electron chi connectivity index (χ3n) is 2.64. The first kappa shape index (κ1) is 13.6. The number of hydrogen-bond donors (Lipinski definition) is 2. The number of rotatable bonds is 5. The average molecular weight is 238 g/mol. The van der Waals surface area contributed by atoms with E-state index >= 15 is 0 Å². The number of carbonyl (C=O) groups excluding carboxylic acids is 1. The third kappa shape index (κ3) is 4.53. The van der Waals surface area contributed by atoms with Crippen molar-refractivity contribution in [2.45, 2.75) is 32.2 Å². The number of amides is 1. The zero-order valence-electron chi connectivity index (χ0n) is 10.2. The minimum absolute atomic E-state index is 0.0692. The Balaban J connectivity index is 2.52. The van der Waals surface area contributed by atoms with Gasteiger partial charge in [0.05, 0.1) is 5.92 Å². The summed E-state index contributed by atoms with van der Waals surface area (Å²) in [4.78, 5) is 11.8. The maximum atomic E-state index is 13.0. The van der Waals surface area contributed by atoms with E-state index in [0.29, 0.717) is 12.1 Å². The second-order valence-electron chi connectivity index (χ2n) is 4.33. The van der Waals surface area contributed by atoms with Gasteiger partial charge < -0.3 is 11.1 Å².